The van der Waals surface area contributed by atoms with Gasteiger partial charge in [-0.15, -0.1) is 0 Å². The lowest BCUT2D eigenvalue weighted by Gasteiger charge is -2.25. The summed E-state index contributed by atoms with van der Waals surface area (Å²) < 4.78 is 18.6. The number of esters is 1. The highest BCUT2D eigenvalue weighted by Gasteiger charge is 2.35. The van der Waals surface area contributed by atoms with Crippen LogP contribution in [0.15, 0.2) is 94.7 Å². The molecule has 4 aromatic rings. The molecule has 0 radical (unpaired) electrons. The third-order valence-electron chi connectivity index (χ3n) is 6.45. The fourth-order valence-electron chi connectivity index (χ4n) is 4.66. The van der Waals surface area contributed by atoms with E-state index in [1.807, 2.05) is 30.3 Å². The Balaban J connectivity index is 1.77. The summed E-state index contributed by atoms with van der Waals surface area (Å²) in [7, 11) is 1.51. The van der Waals surface area contributed by atoms with Crippen molar-refractivity contribution in [3.63, 3.8) is 0 Å². The average Bonchev–Trinajstić information content (AvgIpc) is 3.30. The van der Waals surface area contributed by atoms with Gasteiger partial charge in [0.2, 0.25) is 0 Å². The normalized spacial score (nSPS) is 14.7. The number of fused-ring (bicyclic) bond motifs is 1. The number of rotatable bonds is 9. The molecule has 0 spiro atoms. The van der Waals surface area contributed by atoms with E-state index in [-0.39, 0.29) is 24.3 Å². The summed E-state index contributed by atoms with van der Waals surface area (Å²) in [4.78, 5) is 32.9. The van der Waals surface area contributed by atoms with E-state index in [0.717, 1.165) is 5.56 Å². The summed E-state index contributed by atoms with van der Waals surface area (Å²) in [6.07, 6.45) is 3.32. The second kappa shape index (κ2) is 12.8. The molecule has 1 aromatic heterocycles. The SMILES string of the molecule is C=CCOc1c(Cl)cc(/C=c2\sc3n(c2=O)[C@@H](c2ccc(Cl)cc2)C(C(=O)OCC)=C(c2ccccc2)N=3)cc1OC. The van der Waals surface area contributed by atoms with Gasteiger partial charge in [-0.2, -0.15) is 0 Å². The maximum Gasteiger partial charge on any atom is 0.338 e. The van der Waals surface area contributed by atoms with Gasteiger partial charge in [0, 0.05) is 10.6 Å². The molecule has 214 valence electrons. The van der Waals surface area contributed by atoms with Crippen LogP contribution in [0.5, 0.6) is 11.5 Å². The fourth-order valence-corrected chi connectivity index (χ4v) is 6.06. The first-order valence-electron chi connectivity index (χ1n) is 13.0. The topological polar surface area (TPSA) is 79.1 Å². The molecule has 0 saturated carbocycles. The minimum absolute atomic E-state index is 0.164. The van der Waals surface area contributed by atoms with Crippen LogP contribution in [-0.4, -0.2) is 30.9 Å². The molecule has 0 N–H and O–H groups in total. The number of carbonyl (C=O) groups excluding carboxylic acids is 1. The van der Waals surface area contributed by atoms with Gasteiger partial charge in [0.15, 0.2) is 16.3 Å². The largest absolute Gasteiger partial charge is 0.493 e. The summed E-state index contributed by atoms with van der Waals surface area (Å²) in [5, 5.41) is 0.854. The van der Waals surface area contributed by atoms with Gasteiger partial charge in [0.25, 0.3) is 5.56 Å². The molecule has 42 heavy (non-hydrogen) atoms. The van der Waals surface area contributed by atoms with Crippen LogP contribution >= 0.6 is 34.5 Å². The highest BCUT2D eigenvalue weighted by Crippen LogP contribution is 2.37. The summed E-state index contributed by atoms with van der Waals surface area (Å²) in [6.45, 7) is 5.82. The van der Waals surface area contributed by atoms with E-state index in [4.69, 9.17) is 42.4 Å². The summed E-state index contributed by atoms with van der Waals surface area (Å²) in [6, 6.07) is 19.0. The first-order chi connectivity index (χ1) is 20.4. The second-order valence-corrected chi connectivity index (χ2v) is 11.0. The molecular weight excluding hydrogens is 595 g/mol. The number of benzene rings is 3. The van der Waals surface area contributed by atoms with E-state index in [1.165, 1.54) is 23.0 Å². The molecule has 0 aliphatic carbocycles. The van der Waals surface area contributed by atoms with E-state index in [0.29, 0.717) is 47.7 Å². The molecule has 1 atom stereocenters. The Labute approximate surface area is 256 Å². The second-order valence-electron chi connectivity index (χ2n) is 9.12. The molecule has 0 amide bonds. The zero-order valence-corrected chi connectivity index (χ0v) is 25.1. The Bertz CT molecular complexity index is 1860. The number of thiazole rings is 1. The van der Waals surface area contributed by atoms with E-state index >= 15 is 0 Å². The van der Waals surface area contributed by atoms with E-state index in [2.05, 4.69) is 6.58 Å². The maximum absolute atomic E-state index is 14.1. The molecule has 7 nitrogen and oxygen atoms in total. The average molecular weight is 622 g/mol. The van der Waals surface area contributed by atoms with Crippen molar-refractivity contribution in [2.75, 3.05) is 20.3 Å². The van der Waals surface area contributed by atoms with Crippen molar-refractivity contribution in [1.82, 2.24) is 4.57 Å². The number of methoxy groups -OCH3 is 1. The van der Waals surface area contributed by atoms with Gasteiger partial charge in [-0.3, -0.25) is 9.36 Å². The predicted molar refractivity (Wildman–Crippen MR) is 166 cm³/mol. The number of nitrogens with zero attached hydrogens (tertiary/aromatic N) is 2. The molecule has 2 heterocycles. The minimum atomic E-state index is -0.803. The third-order valence-corrected chi connectivity index (χ3v) is 7.97. The van der Waals surface area contributed by atoms with Crippen LogP contribution in [-0.2, 0) is 9.53 Å². The first-order valence-corrected chi connectivity index (χ1v) is 14.6. The predicted octanol–water partition coefficient (Wildman–Crippen LogP) is 5.82. The number of hydrogen-bond acceptors (Lipinski definition) is 7. The molecule has 1 aliphatic heterocycles. The number of ether oxygens (including phenoxy) is 3. The zero-order valence-electron chi connectivity index (χ0n) is 22.8. The lowest BCUT2D eigenvalue weighted by molar-refractivity contribution is -0.138. The van der Waals surface area contributed by atoms with Crippen LogP contribution in [0, 0.1) is 0 Å². The lowest BCUT2D eigenvalue weighted by atomic mass is 9.93. The van der Waals surface area contributed by atoms with Gasteiger partial charge in [-0.05, 0) is 48.4 Å². The van der Waals surface area contributed by atoms with Crippen LogP contribution in [0.1, 0.15) is 29.7 Å². The maximum atomic E-state index is 14.1. The summed E-state index contributed by atoms with van der Waals surface area (Å²) in [5.41, 5.74) is 2.42. The molecule has 1 aliphatic rings. The van der Waals surface area contributed by atoms with Crippen molar-refractivity contribution in [3.05, 3.63) is 131 Å². The van der Waals surface area contributed by atoms with E-state index in [9.17, 15) is 9.59 Å². The number of aromatic nitrogens is 1. The monoisotopic (exact) mass is 620 g/mol. The van der Waals surface area contributed by atoms with Gasteiger partial charge in [-0.1, -0.05) is 89.7 Å². The van der Waals surface area contributed by atoms with E-state index in [1.54, 1.807) is 55.5 Å². The van der Waals surface area contributed by atoms with E-state index < -0.39 is 12.0 Å². The first kappa shape index (κ1) is 29.4. The van der Waals surface area contributed by atoms with Crippen molar-refractivity contribution in [2.45, 2.75) is 13.0 Å². The van der Waals surface area contributed by atoms with Crippen molar-refractivity contribution in [1.29, 1.82) is 0 Å². The lowest BCUT2D eigenvalue weighted by Crippen LogP contribution is -2.40. The Morgan fingerprint density at radius 2 is 1.86 bits per heavy atom. The molecule has 0 saturated heterocycles. The highest BCUT2D eigenvalue weighted by molar-refractivity contribution is 7.07. The molecule has 10 heteroatoms. The van der Waals surface area contributed by atoms with Crippen LogP contribution < -0.4 is 24.4 Å². The minimum Gasteiger partial charge on any atom is -0.493 e. The highest BCUT2D eigenvalue weighted by atomic mass is 35.5. The summed E-state index contributed by atoms with van der Waals surface area (Å²) >= 11 is 13.9. The van der Waals surface area contributed by atoms with Crippen LogP contribution in [0.2, 0.25) is 10.0 Å². The van der Waals surface area contributed by atoms with Gasteiger partial charge in [0.05, 0.1) is 40.6 Å². The van der Waals surface area contributed by atoms with Crippen molar-refractivity contribution in [3.8, 4) is 11.5 Å². The molecular formula is C32H26Cl2N2O5S. The number of hydrogen-bond donors (Lipinski definition) is 0. The molecule has 5 rings (SSSR count). The standard InChI is InChI=1S/C32H26Cl2N2O5S/c1-4-15-41-29-23(34)16-19(17-24(29)39-3)18-25-30(37)36-28(21-11-13-22(33)14-12-21)26(31(38)40-5-2)27(35-32(36)42-25)20-9-7-6-8-10-20/h4,6-14,16-18,28H,1,5,15H2,2-3H3/b25-18-/t28-/m0/s1. The van der Waals surface area contributed by atoms with Gasteiger partial charge >= 0.3 is 5.97 Å². The van der Waals surface area contributed by atoms with Crippen LogP contribution in [0.4, 0.5) is 0 Å². The van der Waals surface area contributed by atoms with Crippen molar-refractivity contribution in [2.24, 2.45) is 4.99 Å². The molecule has 0 unspecified atom stereocenters. The number of carbonyl (C=O) groups is 1. The summed E-state index contributed by atoms with van der Waals surface area (Å²) in [5.74, 6) is 0.242. The smallest absolute Gasteiger partial charge is 0.338 e. The number of halogens is 2. The van der Waals surface area contributed by atoms with Crippen LogP contribution in [0.25, 0.3) is 11.8 Å². The quantitative estimate of drug-likeness (QED) is 0.174. The molecule has 0 fully saturated rings. The third kappa shape index (κ3) is 5.79. The zero-order chi connectivity index (χ0) is 29.8. The Hall–Kier alpha value is -4.11. The van der Waals surface area contributed by atoms with Gasteiger partial charge in [0.1, 0.15) is 6.61 Å². The fraction of sp³-hybridized carbons (Fsp3) is 0.156. The van der Waals surface area contributed by atoms with Gasteiger partial charge < -0.3 is 14.2 Å². The van der Waals surface area contributed by atoms with Crippen molar-refractivity contribution >= 4 is 52.3 Å². The van der Waals surface area contributed by atoms with Crippen LogP contribution in [0.3, 0.4) is 0 Å². The Morgan fingerprint density at radius 1 is 1.12 bits per heavy atom. The van der Waals surface area contributed by atoms with Gasteiger partial charge in [-0.25, -0.2) is 9.79 Å². The molecule has 3 aromatic carbocycles. The van der Waals surface area contributed by atoms with Crippen molar-refractivity contribution < 1.29 is 19.0 Å². The molecule has 0 bridgehead atoms. The Morgan fingerprint density at radius 3 is 2.52 bits per heavy atom. The Kier molecular flexibility index (Phi) is 8.97.